The fourth-order valence-electron chi connectivity index (χ4n) is 4.85. The summed E-state index contributed by atoms with van der Waals surface area (Å²) in [5, 5.41) is 3.05. The van der Waals surface area contributed by atoms with Crippen LogP contribution in [0.3, 0.4) is 0 Å². The smallest absolute Gasteiger partial charge is 0.222 e. The Balaban J connectivity index is 1.32. The highest BCUT2D eigenvalue weighted by atomic mass is 19.1. The highest BCUT2D eigenvalue weighted by molar-refractivity contribution is 5.80. The van der Waals surface area contributed by atoms with Crippen LogP contribution in [0.5, 0.6) is 5.75 Å². The van der Waals surface area contributed by atoms with Crippen LogP contribution in [0.1, 0.15) is 36.8 Å². The van der Waals surface area contributed by atoms with E-state index < -0.39 is 5.54 Å². The number of benzene rings is 2. The maximum absolute atomic E-state index is 14.6. The predicted octanol–water partition coefficient (Wildman–Crippen LogP) is 3.15. The number of hydrogen-bond acceptors (Lipinski definition) is 4. The molecule has 6 nitrogen and oxygen atoms in total. The van der Waals surface area contributed by atoms with Gasteiger partial charge in [-0.05, 0) is 36.5 Å². The van der Waals surface area contributed by atoms with Crippen LogP contribution >= 0.6 is 0 Å². The first-order valence-electron chi connectivity index (χ1n) is 11.6. The Morgan fingerprint density at radius 3 is 2.52 bits per heavy atom. The molecule has 2 amide bonds. The van der Waals surface area contributed by atoms with Gasteiger partial charge in [-0.25, -0.2) is 4.39 Å². The Kier molecular flexibility index (Phi) is 7.28. The number of nitrogens with one attached hydrogen (secondary N) is 1. The molecule has 2 saturated heterocycles. The summed E-state index contributed by atoms with van der Waals surface area (Å²) in [6.45, 7) is 4.00. The van der Waals surface area contributed by atoms with Gasteiger partial charge in [-0.15, -0.1) is 0 Å². The number of amides is 2. The Morgan fingerprint density at radius 1 is 1.12 bits per heavy atom. The number of carbonyl (C=O) groups is 2. The third-order valence-electron chi connectivity index (χ3n) is 6.82. The molecule has 2 aromatic carbocycles. The van der Waals surface area contributed by atoms with E-state index in [2.05, 4.69) is 22.3 Å². The summed E-state index contributed by atoms with van der Waals surface area (Å²) < 4.78 is 19.7. The minimum Gasteiger partial charge on any atom is -0.497 e. The number of rotatable bonds is 8. The topological polar surface area (TPSA) is 61.9 Å². The van der Waals surface area contributed by atoms with Crippen molar-refractivity contribution in [3.05, 3.63) is 65.5 Å². The molecule has 33 heavy (non-hydrogen) atoms. The number of methoxy groups -OCH3 is 1. The van der Waals surface area contributed by atoms with Crippen molar-refractivity contribution in [2.75, 3.05) is 33.3 Å². The minimum absolute atomic E-state index is 0.0362. The van der Waals surface area contributed by atoms with E-state index in [-0.39, 0.29) is 17.6 Å². The quantitative estimate of drug-likeness (QED) is 0.667. The summed E-state index contributed by atoms with van der Waals surface area (Å²) in [6.07, 6.45) is 2.23. The monoisotopic (exact) mass is 453 g/mol. The molecule has 2 aliphatic heterocycles. The van der Waals surface area contributed by atoms with Crippen LogP contribution in [0.2, 0.25) is 0 Å². The van der Waals surface area contributed by atoms with Crippen molar-refractivity contribution in [2.24, 2.45) is 0 Å². The first-order valence-corrected chi connectivity index (χ1v) is 11.6. The Morgan fingerprint density at radius 2 is 1.88 bits per heavy atom. The maximum Gasteiger partial charge on any atom is 0.222 e. The number of nitrogens with zero attached hydrogens (tertiary/aromatic N) is 2. The molecule has 2 heterocycles. The molecular weight excluding hydrogens is 421 g/mol. The lowest BCUT2D eigenvalue weighted by molar-refractivity contribution is -0.133. The molecule has 0 saturated carbocycles. The lowest BCUT2D eigenvalue weighted by atomic mass is 9.84. The lowest BCUT2D eigenvalue weighted by Crippen LogP contribution is -2.49. The van der Waals surface area contributed by atoms with E-state index in [1.54, 1.807) is 12.1 Å². The molecule has 1 N–H and O–H groups in total. The predicted molar refractivity (Wildman–Crippen MR) is 124 cm³/mol. The van der Waals surface area contributed by atoms with Crippen LogP contribution in [-0.2, 0) is 22.6 Å². The molecule has 0 aromatic heterocycles. The van der Waals surface area contributed by atoms with Gasteiger partial charge in [-0.3, -0.25) is 14.5 Å². The third-order valence-corrected chi connectivity index (χ3v) is 6.82. The standard InChI is InChI=1S/C26H32FN3O3/c1-33-22-8-7-21(23(27)17-22)18-26(11-9-24(31)28-26)12-10-25(32)30-15-13-29(14-16-30)19-20-5-3-2-4-6-20/h2-8,17H,9-16,18-19H2,1H3,(H,28,31)/t26-/m0/s1. The van der Waals surface area contributed by atoms with Crippen LogP contribution in [0.25, 0.3) is 0 Å². The van der Waals surface area contributed by atoms with E-state index in [0.717, 1.165) is 19.6 Å². The van der Waals surface area contributed by atoms with Gasteiger partial charge in [0, 0.05) is 57.2 Å². The van der Waals surface area contributed by atoms with Crippen molar-refractivity contribution in [1.82, 2.24) is 15.1 Å². The molecule has 0 aliphatic carbocycles. The summed E-state index contributed by atoms with van der Waals surface area (Å²) >= 11 is 0. The molecular formula is C26H32FN3O3. The molecule has 0 spiro atoms. The van der Waals surface area contributed by atoms with Crippen molar-refractivity contribution in [3.8, 4) is 5.75 Å². The zero-order valence-corrected chi connectivity index (χ0v) is 19.2. The Labute approximate surface area is 194 Å². The van der Waals surface area contributed by atoms with Crippen molar-refractivity contribution in [3.63, 3.8) is 0 Å². The first-order chi connectivity index (χ1) is 16.0. The largest absolute Gasteiger partial charge is 0.497 e. The number of hydrogen-bond donors (Lipinski definition) is 1. The molecule has 2 aromatic rings. The molecule has 4 rings (SSSR count). The second kappa shape index (κ2) is 10.3. The van der Waals surface area contributed by atoms with Crippen molar-refractivity contribution in [2.45, 2.75) is 44.2 Å². The fourth-order valence-corrected chi connectivity index (χ4v) is 4.85. The molecule has 2 aliphatic rings. The SMILES string of the molecule is COc1ccc(C[C@@]2(CCC(=O)N3CCN(Cc4ccccc4)CC3)CCC(=O)N2)c(F)c1. The summed E-state index contributed by atoms with van der Waals surface area (Å²) in [5.41, 5.74) is 1.22. The Hall–Kier alpha value is -2.93. The average molecular weight is 454 g/mol. The highest BCUT2D eigenvalue weighted by Gasteiger charge is 2.39. The number of ether oxygens (including phenoxy) is 1. The van der Waals surface area contributed by atoms with Gasteiger partial charge in [-0.2, -0.15) is 0 Å². The summed E-state index contributed by atoms with van der Waals surface area (Å²) in [4.78, 5) is 29.3. The van der Waals surface area contributed by atoms with Gasteiger partial charge in [0.1, 0.15) is 11.6 Å². The van der Waals surface area contributed by atoms with Gasteiger partial charge in [0.05, 0.1) is 7.11 Å². The maximum atomic E-state index is 14.6. The minimum atomic E-state index is -0.586. The van der Waals surface area contributed by atoms with Gasteiger partial charge in [-0.1, -0.05) is 36.4 Å². The van der Waals surface area contributed by atoms with E-state index in [0.29, 0.717) is 56.5 Å². The van der Waals surface area contributed by atoms with E-state index in [4.69, 9.17) is 4.74 Å². The molecule has 7 heteroatoms. The molecule has 0 bridgehead atoms. The lowest BCUT2D eigenvalue weighted by Gasteiger charge is -2.36. The summed E-state index contributed by atoms with van der Waals surface area (Å²) in [5.74, 6) is 0.175. The number of halogens is 1. The van der Waals surface area contributed by atoms with Gasteiger partial charge in [0.15, 0.2) is 0 Å². The van der Waals surface area contributed by atoms with Crippen molar-refractivity contribution in [1.29, 1.82) is 0 Å². The van der Waals surface area contributed by atoms with Crippen LogP contribution < -0.4 is 10.1 Å². The average Bonchev–Trinajstić information content (AvgIpc) is 3.20. The number of piperazine rings is 1. The molecule has 176 valence electrons. The van der Waals surface area contributed by atoms with Crippen LogP contribution in [0.15, 0.2) is 48.5 Å². The van der Waals surface area contributed by atoms with Crippen LogP contribution in [-0.4, -0.2) is 60.4 Å². The van der Waals surface area contributed by atoms with E-state index >= 15 is 0 Å². The summed E-state index contributed by atoms with van der Waals surface area (Å²) in [7, 11) is 1.50. The molecule has 2 fully saturated rings. The van der Waals surface area contributed by atoms with E-state index in [1.807, 2.05) is 23.1 Å². The molecule has 0 unspecified atom stereocenters. The molecule has 1 atom stereocenters. The third kappa shape index (κ3) is 5.90. The highest BCUT2D eigenvalue weighted by Crippen LogP contribution is 2.31. The normalized spacial score (nSPS) is 21.2. The fraction of sp³-hybridized carbons (Fsp3) is 0.462. The molecule has 0 radical (unpaired) electrons. The second-order valence-corrected chi connectivity index (χ2v) is 9.11. The van der Waals surface area contributed by atoms with Gasteiger partial charge < -0.3 is 15.0 Å². The van der Waals surface area contributed by atoms with Gasteiger partial charge in [0.2, 0.25) is 11.8 Å². The van der Waals surface area contributed by atoms with E-state index in [1.165, 1.54) is 18.7 Å². The van der Waals surface area contributed by atoms with Crippen LogP contribution in [0.4, 0.5) is 4.39 Å². The zero-order valence-electron chi connectivity index (χ0n) is 19.2. The van der Waals surface area contributed by atoms with Gasteiger partial charge in [0.25, 0.3) is 0 Å². The number of carbonyl (C=O) groups excluding carboxylic acids is 2. The van der Waals surface area contributed by atoms with Crippen LogP contribution in [0, 0.1) is 5.82 Å². The van der Waals surface area contributed by atoms with Crippen molar-refractivity contribution < 1.29 is 18.7 Å². The second-order valence-electron chi connectivity index (χ2n) is 9.11. The Bertz CT molecular complexity index is 976. The van der Waals surface area contributed by atoms with E-state index in [9.17, 15) is 14.0 Å². The first kappa shape index (κ1) is 23.2. The summed E-state index contributed by atoms with van der Waals surface area (Å²) in [6, 6.07) is 15.1. The van der Waals surface area contributed by atoms with Crippen molar-refractivity contribution >= 4 is 11.8 Å². The zero-order chi connectivity index (χ0) is 23.3. The van der Waals surface area contributed by atoms with Gasteiger partial charge >= 0.3 is 0 Å².